The Labute approximate surface area is 161 Å². The Morgan fingerprint density at radius 3 is 2.37 bits per heavy atom. The molecule has 0 aliphatic heterocycles. The first-order chi connectivity index (χ1) is 13.0. The fourth-order valence-electron chi connectivity index (χ4n) is 2.48. The van der Waals surface area contributed by atoms with E-state index in [0.717, 1.165) is 16.8 Å². The molecule has 8 heteroatoms. The van der Waals surface area contributed by atoms with Crippen LogP contribution < -0.4 is 11.1 Å². The number of carbonyl (C=O) groups is 2. The fraction of sp³-hybridized carbons (Fsp3) is 0.158. The topological polar surface area (TPSA) is 103 Å². The van der Waals surface area contributed by atoms with Crippen molar-refractivity contribution in [3.8, 4) is 17.1 Å². The van der Waals surface area contributed by atoms with Gasteiger partial charge in [0.15, 0.2) is 11.0 Å². The zero-order valence-corrected chi connectivity index (χ0v) is 15.7. The largest absolute Gasteiger partial charge is 0.351 e. The summed E-state index contributed by atoms with van der Waals surface area (Å²) in [7, 11) is 0. The number of imide groups is 1. The van der Waals surface area contributed by atoms with Gasteiger partial charge >= 0.3 is 6.03 Å². The van der Waals surface area contributed by atoms with Crippen LogP contribution in [0.3, 0.4) is 0 Å². The van der Waals surface area contributed by atoms with Crippen LogP contribution >= 0.6 is 11.8 Å². The minimum atomic E-state index is -0.877. The molecule has 0 radical (unpaired) electrons. The summed E-state index contributed by atoms with van der Waals surface area (Å²) in [5, 5.41) is 10.7. The molecule has 3 aromatic rings. The molecule has 2 aromatic carbocycles. The van der Waals surface area contributed by atoms with Gasteiger partial charge in [0.1, 0.15) is 0 Å². The summed E-state index contributed by atoms with van der Waals surface area (Å²) in [6, 6.07) is 16.8. The van der Waals surface area contributed by atoms with Crippen molar-refractivity contribution < 1.29 is 9.59 Å². The molecule has 0 aliphatic carbocycles. The van der Waals surface area contributed by atoms with Crippen molar-refractivity contribution in [2.24, 2.45) is 5.73 Å². The van der Waals surface area contributed by atoms with E-state index in [1.165, 1.54) is 11.8 Å². The first-order valence-corrected chi connectivity index (χ1v) is 9.18. The van der Waals surface area contributed by atoms with E-state index in [2.05, 4.69) is 15.5 Å². The van der Waals surface area contributed by atoms with Crippen LogP contribution in [0.5, 0.6) is 0 Å². The normalized spacial score (nSPS) is 11.8. The second-order valence-electron chi connectivity index (χ2n) is 5.96. The predicted molar refractivity (Wildman–Crippen MR) is 105 cm³/mol. The molecule has 0 bridgehead atoms. The molecule has 27 heavy (non-hydrogen) atoms. The third kappa shape index (κ3) is 4.35. The number of primary amides is 1. The molecule has 0 unspecified atom stereocenters. The zero-order valence-electron chi connectivity index (χ0n) is 14.9. The molecule has 138 valence electrons. The van der Waals surface area contributed by atoms with Gasteiger partial charge in [-0.25, -0.2) is 4.79 Å². The smallest absolute Gasteiger partial charge is 0.318 e. The summed E-state index contributed by atoms with van der Waals surface area (Å²) in [5.74, 6) is 0.191. The third-order valence-electron chi connectivity index (χ3n) is 3.86. The van der Waals surface area contributed by atoms with Crippen molar-refractivity contribution in [2.75, 3.05) is 0 Å². The molecule has 3 amide bonds. The number of rotatable bonds is 5. The highest BCUT2D eigenvalue weighted by Gasteiger charge is 2.22. The average Bonchev–Trinajstić information content (AvgIpc) is 3.06. The molecule has 1 heterocycles. The van der Waals surface area contributed by atoms with E-state index >= 15 is 0 Å². The molecular weight excluding hydrogens is 362 g/mol. The minimum absolute atomic E-state index is 0.479. The zero-order chi connectivity index (χ0) is 19.4. The lowest BCUT2D eigenvalue weighted by Crippen LogP contribution is -2.39. The molecule has 0 saturated heterocycles. The molecule has 0 fully saturated rings. The van der Waals surface area contributed by atoms with Gasteiger partial charge in [-0.05, 0) is 26.0 Å². The van der Waals surface area contributed by atoms with E-state index < -0.39 is 17.2 Å². The van der Waals surface area contributed by atoms with Crippen LogP contribution in [0.2, 0.25) is 0 Å². The highest BCUT2D eigenvalue weighted by Crippen LogP contribution is 2.30. The molecule has 0 saturated carbocycles. The van der Waals surface area contributed by atoms with Crippen LogP contribution in [-0.4, -0.2) is 32.0 Å². The summed E-state index contributed by atoms with van der Waals surface area (Å²) < 4.78 is 1.90. The summed E-state index contributed by atoms with van der Waals surface area (Å²) in [5.41, 5.74) is 7.95. The van der Waals surface area contributed by atoms with Gasteiger partial charge in [-0.1, -0.05) is 59.8 Å². The molecular formula is C19H19N5O2S. The Kier molecular flexibility index (Phi) is 5.56. The van der Waals surface area contributed by atoms with Gasteiger partial charge in [0.2, 0.25) is 5.91 Å². The molecule has 3 N–H and O–H groups in total. The lowest BCUT2D eigenvalue weighted by Gasteiger charge is -2.13. The number of amides is 3. The van der Waals surface area contributed by atoms with Crippen molar-refractivity contribution in [3.05, 3.63) is 60.2 Å². The van der Waals surface area contributed by atoms with Gasteiger partial charge in [-0.3, -0.25) is 14.7 Å². The van der Waals surface area contributed by atoms with Gasteiger partial charge < -0.3 is 5.73 Å². The van der Waals surface area contributed by atoms with Gasteiger partial charge in [-0.15, -0.1) is 10.2 Å². The maximum absolute atomic E-state index is 12.0. The quantitative estimate of drug-likeness (QED) is 0.662. The monoisotopic (exact) mass is 381 g/mol. The number of urea groups is 1. The highest BCUT2D eigenvalue weighted by atomic mass is 32.2. The maximum atomic E-state index is 12.0. The van der Waals surface area contributed by atoms with E-state index in [-0.39, 0.29) is 0 Å². The standard InChI is InChI=1S/C19H19N5O2S/c1-12-8-10-15(11-9-12)24-16(14-6-4-3-5-7-14)22-23-19(24)27-13(2)17(25)21-18(20)26/h3-11,13H,1-2H3,(H3,20,21,25,26)/t13-/m0/s1. The van der Waals surface area contributed by atoms with Crippen LogP contribution in [0.1, 0.15) is 12.5 Å². The molecule has 3 rings (SSSR count). The summed E-state index contributed by atoms with van der Waals surface area (Å²) in [4.78, 5) is 23.0. The van der Waals surface area contributed by atoms with Gasteiger partial charge in [0, 0.05) is 11.3 Å². The number of thioether (sulfide) groups is 1. The Morgan fingerprint density at radius 2 is 1.74 bits per heavy atom. The van der Waals surface area contributed by atoms with Gasteiger partial charge in [-0.2, -0.15) is 0 Å². The van der Waals surface area contributed by atoms with Gasteiger partial charge in [0.05, 0.1) is 5.25 Å². The number of aryl methyl sites for hydroxylation is 1. The molecule has 1 aromatic heterocycles. The summed E-state index contributed by atoms with van der Waals surface area (Å²) in [6.07, 6.45) is 0. The van der Waals surface area contributed by atoms with E-state index in [1.54, 1.807) is 6.92 Å². The molecule has 0 spiro atoms. The van der Waals surface area contributed by atoms with Crippen LogP contribution in [-0.2, 0) is 4.79 Å². The first-order valence-electron chi connectivity index (χ1n) is 8.30. The van der Waals surface area contributed by atoms with Crippen LogP contribution in [0, 0.1) is 6.92 Å². The van der Waals surface area contributed by atoms with E-state index in [9.17, 15) is 9.59 Å². The van der Waals surface area contributed by atoms with Gasteiger partial charge in [0.25, 0.3) is 0 Å². The average molecular weight is 381 g/mol. The number of nitrogens with two attached hydrogens (primary N) is 1. The number of carbonyl (C=O) groups excluding carboxylic acids is 2. The Hall–Kier alpha value is -3.13. The van der Waals surface area contributed by atoms with Crippen molar-refractivity contribution >= 4 is 23.7 Å². The van der Waals surface area contributed by atoms with Crippen LogP contribution in [0.15, 0.2) is 59.8 Å². The minimum Gasteiger partial charge on any atom is -0.351 e. The summed E-state index contributed by atoms with van der Waals surface area (Å²) in [6.45, 7) is 3.69. The Balaban J connectivity index is 2.01. The first kappa shape index (κ1) is 18.7. The molecule has 1 atom stereocenters. The van der Waals surface area contributed by atoms with Crippen LogP contribution in [0.25, 0.3) is 17.1 Å². The number of benzene rings is 2. The van der Waals surface area contributed by atoms with E-state index in [0.29, 0.717) is 11.0 Å². The molecule has 7 nitrogen and oxygen atoms in total. The summed E-state index contributed by atoms with van der Waals surface area (Å²) >= 11 is 1.20. The predicted octanol–water partition coefficient (Wildman–Crippen LogP) is 2.92. The highest BCUT2D eigenvalue weighted by molar-refractivity contribution is 8.00. The number of hydrogen-bond acceptors (Lipinski definition) is 5. The van der Waals surface area contributed by atoms with Crippen molar-refractivity contribution in [1.29, 1.82) is 0 Å². The SMILES string of the molecule is Cc1ccc(-n2c(S[C@@H](C)C(=O)NC(N)=O)nnc2-c2ccccc2)cc1. The second kappa shape index (κ2) is 8.05. The van der Waals surface area contributed by atoms with E-state index in [4.69, 9.17) is 5.73 Å². The van der Waals surface area contributed by atoms with Crippen LogP contribution in [0.4, 0.5) is 4.79 Å². The van der Waals surface area contributed by atoms with Crippen molar-refractivity contribution in [2.45, 2.75) is 24.3 Å². The number of hydrogen-bond donors (Lipinski definition) is 2. The lowest BCUT2D eigenvalue weighted by atomic mass is 10.2. The fourth-order valence-corrected chi connectivity index (χ4v) is 3.35. The third-order valence-corrected chi connectivity index (χ3v) is 4.90. The number of nitrogens with zero attached hydrogens (tertiary/aromatic N) is 3. The maximum Gasteiger partial charge on any atom is 0.318 e. The number of nitrogens with one attached hydrogen (secondary N) is 1. The van der Waals surface area contributed by atoms with Crippen molar-refractivity contribution in [3.63, 3.8) is 0 Å². The Morgan fingerprint density at radius 1 is 1.07 bits per heavy atom. The number of aromatic nitrogens is 3. The van der Waals surface area contributed by atoms with Crippen molar-refractivity contribution in [1.82, 2.24) is 20.1 Å². The molecule has 0 aliphatic rings. The Bertz CT molecular complexity index is 954. The lowest BCUT2D eigenvalue weighted by molar-refractivity contribution is -0.119. The van der Waals surface area contributed by atoms with E-state index in [1.807, 2.05) is 66.1 Å². The second-order valence-corrected chi connectivity index (χ2v) is 7.26.